The molecule has 0 aromatic heterocycles. The Morgan fingerprint density at radius 3 is 3.11 bits per heavy atom. The summed E-state index contributed by atoms with van der Waals surface area (Å²) in [7, 11) is 0. The lowest BCUT2D eigenvalue weighted by atomic mass is 10.1. The van der Waals surface area contributed by atoms with Crippen LogP contribution < -0.4 is 0 Å². The molecule has 0 spiro atoms. The van der Waals surface area contributed by atoms with Gasteiger partial charge < -0.3 is 0 Å². The second-order valence-corrected chi connectivity index (χ2v) is 2.33. The predicted molar refractivity (Wildman–Crippen MR) is 38.4 cm³/mol. The summed E-state index contributed by atoms with van der Waals surface area (Å²) in [4.78, 5) is 8.29. The van der Waals surface area contributed by atoms with Gasteiger partial charge in [-0.15, -0.1) is 0 Å². The summed E-state index contributed by atoms with van der Waals surface area (Å²) in [6.45, 7) is 1.78. The second kappa shape index (κ2) is 1.79. The summed E-state index contributed by atoms with van der Waals surface area (Å²) >= 11 is 0. The predicted octanol–water partition coefficient (Wildman–Crippen LogP) is 0.842. The third-order valence-corrected chi connectivity index (χ3v) is 1.71. The maximum Gasteiger partial charge on any atom is 0.0651 e. The van der Waals surface area contributed by atoms with Crippen LogP contribution in [0.25, 0.3) is 0 Å². The molecule has 2 aliphatic rings. The Kier molecular flexibility index (Phi) is 0.979. The molecule has 0 saturated carbocycles. The average molecular weight is 120 g/mol. The fourth-order valence-electron chi connectivity index (χ4n) is 1.14. The minimum Gasteiger partial charge on any atom is -0.292 e. The van der Waals surface area contributed by atoms with Crippen molar-refractivity contribution in [2.75, 3.05) is 13.1 Å². The van der Waals surface area contributed by atoms with Crippen LogP contribution in [0.3, 0.4) is 0 Å². The summed E-state index contributed by atoms with van der Waals surface area (Å²) in [5.74, 6) is 0. The topological polar surface area (TPSA) is 24.7 Å². The van der Waals surface area contributed by atoms with Gasteiger partial charge in [0.2, 0.25) is 0 Å². The smallest absolute Gasteiger partial charge is 0.0651 e. The van der Waals surface area contributed by atoms with Crippen molar-refractivity contribution in [3.63, 3.8) is 0 Å². The van der Waals surface area contributed by atoms with E-state index in [0.29, 0.717) is 0 Å². The lowest BCUT2D eigenvalue weighted by molar-refractivity contribution is 1.06. The van der Waals surface area contributed by atoms with Crippen LogP contribution >= 0.6 is 0 Å². The van der Waals surface area contributed by atoms with Gasteiger partial charge in [0.1, 0.15) is 0 Å². The largest absolute Gasteiger partial charge is 0.292 e. The summed E-state index contributed by atoms with van der Waals surface area (Å²) < 4.78 is 0. The van der Waals surface area contributed by atoms with E-state index in [9.17, 15) is 0 Å². The zero-order valence-corrected chi connectivity index (χ0v) is 5.17. The highest BCUT2D eigenvalue weighted by Gasteiger charge is 2.10. The van der Waals surface area contributed by atoms with Crippen LogP contribution in [-0.4, -0.2) is 25.5 Å². The van der Waals surface area contributed by atoms with E-state index in [0.717, 1.165) is 19.5 Å². The van der Waals surface area contributed by atoms with Crippen LogP contribution in [-0.2, 0) is 0 Å². The number of hydrogen-bond acceptors (Lipinski definition) is 2. The van der Waals surface area contributed by atoms with Gasteiger partial charge in [-0.3, -0.25) is 9.98 Å². The van der Waals surface area contributed by atoms with E-state index >= 15 is 0 Å². The van der Waals surface area contributed by atoms with Gasteiger partial charge in [0.05, 0.1) is 13.1 Å². The second-order valence-electron chi connectivity index (χ2n) is 2.33. The molecule has 2 aliphatic heterocycles. The summed E-state index contributed by atoms with van der Waals surface area (Å²) in [6, 6.07) is 0. The van der Waals surface area contributed by atoms with Gasteiger partial charge in [0.15, 0.2) is 0 Å². The molecule has 2 heteroatoms. The van der Waals surface area contributed by atoms with E-state index in [1.165, 1.54) is 11.1 Å². The lowest BCUT2D eigenvalue weighted by Gasteiger charge is -2.04. The van der Waals surface area contributed by atoms with Crippen molar-refractivity contribution < 1.29 is 0 Å². The lowest BCUT2D eigenvalue weighted by Crippen LogP contribution is -2.00. The molecule has 46 valence electrons. The highest BCUT2D eigenvalue weighted by molar-refractivity contribution is 5.86. The minimum absolute atomic E-state index is 0.860. The molecule has 0 aliphatic carbocycles. The normalized spacial score (nSPS) is 23.1. The Morgan fingerprint density at radius 1 is 1.22 bits per heavy atom. The third kappa shape index (κ3) is 0.707. The van der Waals surface area contributed by atoms with Crippen LogP contribution in [0.15, 0.2) is 21.1 Å². The van der Waals surface area contributed by atoms with E-state index in [-0.39, 0.29) is 0 Å². The molecule has 2 heterocycles. The molecule has 0 bridgehead atoms. The van der Waals surface area contributed by atoms with Gasteiger partial charge in [-0.05, 0) is 11.1 Å². The summed E-state index contributed by atoms with van der Waals surface area (Å²) in [5.41, 5.74) is 2.81. The summed E-state index contributed by atoms with van der Waals surface area (Å²) in [6.07, 6.45) is 4.95. The number of aliphatic imine (C=N–C) groups is 2. The molecule has 0 fully saturated rings. The maximum atomic E-state index is 4.15. The van der Waals surface area contributed by atoms with E-state index in [2.05, 4.69) is 9.98 Å². The Labute approximate surface area is 54.0 Å². The van der Waals surface area contributed by atoms with Gasteiger partial charge in [-0.2, -0.15) is 0 Å². The minimum atomic E-state index is 0.860. The molecule has 0 atom stereocenters. The number of dihydropyridines is 1. The van der Waals surface area contributed by atoms with Crippen molar-refractivity contribution >= 4 is 12.4 Å². The molecule has 0 aromatic rings. The van der Waals surface area contributed by atoms with Crippen molar-refractivity contribution in [2.24, 2.45) is 9.98 Å². The molecule has 9 heavy (non-hydrogen) atoms. The van der Waals surface area contributed by atoms with Crippen LogP contribution in [0, 0.1) is 0 Å². The van der Waals surface area contributed by atoms with Crippen molar-refractivity contribution in [3.8, 4) is 0 Å². The molecule has 2 rings (SSSR count). The fourth-order valence-corrected chi connectivity index (χ4v) is 1.14. The number of hydrogen-bond donors (Lipinski definition) is 0. The van der Waals surface area contributed by atoms with Gasteiger partial charge in [-0.25, -0.2) is 0 Å². The molecule has 0 saturated heterocycles. The molecule has 0 N–H and O–H groups in total. The van der Waals surface area contributed by atoms with E-state index < -0.39 is 0 Å². The fraction of sp³-hybridized carbons (Fsp3) is 0.429. The molecular formula is C7H8N2. The first-order valence-corrected chi connectivity index (χ1v) is 3.16. The maximum absolute atomic E-state index is 4.15. The third-order valence-electron chi connectivity index (χ3n) is 1.71. The SMILES string of the molecule is C1=NCC2=C(C1)CN=C2. The van der Waals surface area contributed by atoms with Crippen LogP contribution in [0.1, 0.15) is 6.42 Å². The first-order chi connectivity index (χ1) is 4.47. The summed E-state index contributed by atoms with van der Waals surface area (Å²) in [5, 5.41) is 0. The van der Waals surface area contributed by atoms with Gasteiger partial charge in [-0.1, -0.05) is 0 Å². The average Bonchev–Trinajstić information content (AvgIpc) is 2.33. The van der Waals surface area contributed by atoms with Gasteiger partial charge >= 0.3 is 0 Å². The van der Waals surface area contributed by atoms with Crippen molar-refractivity contribution in [1.29, 1.82) is 0 Å². The monoisotopic (exact) mass is 120 g/mol. The quantitative estimate of drug-likeness (QED) is 0.452. The highest BCUT2D eigenvalue weighted by Crippen LogP contribution is 2.15. The van der Waals surface area contributed by atoms with E-state index in [1.807, 2.05) is 12.4 Å². The zero-order chi connectivity index (χ0) is 6.10. The molecule has 2 nitrogen and oxygen atoms in total. The Bertz CT molecular complexity index is 211. The van der Waals surface area contributed by atoms with Gasteiger partial charge in [0, 0.05) is 18.9 Å². The molecule has 0 radical (unpaired) electrons. The Balaban J connectivity index is 2.28. The van der Waals surface area contributed by atoms with Crippen LogP contribution in [0.4, 0.5) is 0 Å². The molecular weight excluding hydrogens is 112 g/mol. The number of rotatable bonds is 0. The standard InChI is InChI=1S/C7H8N2/c1-2-8-4-7-5-9-3-6(1)7/h2,5H,1,3-4H2. The van der Waals surface area contributed by atoms with E-state index in [1.54, 1.807) is 0 Å². The molecule has 0 amide bonds. The van der Waals surface area contributed by atoms with Crippen molar-refractivity contribution in [1.82, 2.24) is 0 Å². The molecule has 0 aromatic carbocycles. The highest BCUT2D eigenvalue weighted by atomic mass is 14.8. The first kappa shape index (κ1) is 4.91. The van der Waals surface area contributed by atoms with Crippen LogP contribution in [0.5, 0.6) is 0 Å². The Morgan fingerprint density at radius 2 is 2.22 bits per heavy atom. The number of nitrogens with zero attached hydrogens (tertiary/aromatic N) is 2. The van der Waals surface area contributed by atoms with Crippen molar-refractivity contribution in [2.45, 2.75) is 6.42 Å². The van der Waals surface area contributed by atoms with Crippen molar-refractivity contribution in [3.05, 3.63) is 11.1 Å². The van der Waals surface area contributed by atoms with E-state index in [4.69, 9.17) is 0 Å². The Hall–Kier alpha value is -0.920. The van der Waals surface area contributed by atoms with Crippen LogP contribution in [0.2, 0.25) is 0 Å². The van der Waals surface area contributed by atoms with Gasteiger partial charge in [0.25, 0.3) is 0 Å². The first-order valence-electron chi connectivity index (χ1n) is 3.16. The molecule has 0 unspecified atom stereocenters. The zero-order valence-electron chi connectivity index (χ0n) is 5.17.